The number of methoxy groups -OCH3 is 1. The summed E-state index contributed by atoms with van der Waals surface area (Å²) < 4.78 is 15.8. The Morgan fingerprint density at radius 2 is 1.96 bits per heavy atom. The number of carboxylic acid groups (broad SMARTS) is 1. The highest BCUT2D eigenvalue weighted by atomic mass is 16.7. The quantitative estimate of drug-likeness (QED) is 0.777. The maximum atomic E-state index is 12.6. The Kier molecular flexibility index (Phi) is 5.21. The molecule has 0 saturated carbocycles. The van der Waals surface area contributed by atoms with Crippen molar-refractivity contribution in [2.45, 2.75) is 25.3 Å². The van der Waals surface area contributed by atoms with E-state index in [0.717, 1.165) is 5.56 Å². The average molecular weight is 371 g/mol. The van der Waals surface area contributed by atoms with Crippen LogP contribution in [-0.2, 0) is 21.5 Å². The number of nitrogens with one attached hydrogen (secondary N) is 1. The first kappa shape index (κ1) is 18.6. The van der Waals surface area contributed by atoms with Gasteiger partial charge in [0.2, 0.25) is 12.7 Å². The minimum Gasteiger partial charge on any atom is -0.497 e. The van der Waals surface area contributed by atoms with E-state index in [9.17, 15) is 14.7 Å². The van der Waals surface area contributed by atoms with Crippen molar-refractivity contribution < 1.29 is 28.9 Å². The summed E-state index contributed by atoms with van der Waals surface area (Å²) in [4.78, 5) is 24.0. The van der Waals surface area contributed by atoms with Crippen molar-refractivity contribution in [2.24, 2.45) is 0 Å². The summed E-state index contributed by atoms with van der Waals surface area (Å²) in [5, 5.41) is 12.2. The summed E-state index contributed by atoms with van der Waals surface area (Å²) >= 11 is 0. The van der Waals surface area contributed by atoms with E-state index >= 15 is 0 Å². The Morgan fingerprint density at radius 3 is 2.70 bits per heavy atom. The molecule has 0 bridgehead atoms. The molecule has 2 aromatic carbocycles. The number of carbonyl (C=O) groups excluding carboxylic acids is 1. The van der Waals surface area contributed by atoms with Crippen LogP contribution in [0.15, 0.2) is 42.5 Å². The van der Waals surface area contributed by atoms with Crippen LogP contribution in [-0.4, -0.2) is 30.9 Å². The third-order valence-corrected chi connectivity index (χ3v) is 4.43. The van der Waals surface area contributed by atoms with Gasteiger partial charge in [-0.2, -0.15) is 0 Å². The van der Waals surface area contributed by atoms with Crippen molar-refractivity contribution in [3.63, 3.8) is 0 Å². The van der Waals surface area contributed by atoms with Crippen molar-refractivity contribution in [2.75, 3.05) is 13.9 Å². The van der Waals surface area contributed by atoms with Crippen molar-refractivity contribution in [3.05, 3.63) is 53.6 Å². The van der Waals surface area contributed by atoms with E-state index in [2.05, 4.69) is 5.32 Å². The van der Waals surface area contributed by atoms with Gasteiger partial charge in [0.05, 0.1) is 25.5 Å². The van der Waals surface area contributed by atoms with E-state index in [1.165, 1.54) is 7.11 Å². The van der Waals surface area contributed by atoms with E-state index < -0.39 is 11.5 Å². The molecule has 1 unspecified atom stereocenters. The maximum Gasteiger partial charge on any atom is 0.306 e. The molecule has 1 aliphatic heterocycles. The molecule has 1 heterocycles. The minimum absolute atomic E-state index is 0.0931. The second-order valence-corrected chi connectivity index (χ2v) is 6.55. The summed E-state index contributed by atoms with van der Waals surface area (Å²) in [6, 6.07) is 12.3. The molecular weight excluding hydrogens is 350 g/mol. The first-order valence-electron chi connectivity index (χ1n) is 8.45. The lowest BCUT2D eigenvalue weighted by molar-refractivity contribution is -0.139. The van der Waals surface area contributed by atoms with Gasteiger partial charge in [0.25, 0.3) is 0 Å². The van der Waals surface area contributed by atoms with Crippen LogP contribution in [0.25, 0.3) is 0 Å². The Morgan fingerprint density at radius 1 is 1.19 bits per heavy atom. The number of fused-ring (bicyclic) bond motifs is 1. The number of ether oxygens (including phenoxy) is 3. The van der Waals surface area contributed by atoms with Gasteiger partial charge in [0.15, 0.2) is 11.5 Å². The molecule has 27 heavy (non-hydrogen) atoms. The Balaban J connectivity index is 1.79. The van der Waals surface area contributed by atoms with Gasteiger partial charge >= 0.3 is 5.97 Å². The molecule has 0 radical (unpaired) electrons. The summed E-state index contributed by atoms with van der Waals surface area (Å²) in [5.74, 6) is 0.533. The molecule has 0 aliphatic carbocycles. The van der Waals surface area contributed by atoms with Crippen molar-refractivity contribution >= 4 is 11.9 Å². The molecule has 7 heteroatoms. The molecule has 142 valence electrons. The van der Waals surface area contributed by atoms with Crippen LogP contribution in [0.4, 0.5) is 0 Å². The number of rotatable bonds is 7. The standard InChI is InChI=1S/C20H21NO6/c1-20(11-19(23)24,14-4-3-5-15(10-14)25-2)21-18(22)9-13-6-7-16-17(8-13)27-12-26-16/h3-8,10H,9,11-12H2,1-2H3,(H,21,22)(H,23,24). The molecule has 0 fully saturated rings. The van der Waals surface area contributed by atoms with Crippen molar-refractivity contribution in [3.8, 4) is 17.2 Å². The van der Waals surface area contributed by atoms with Crippen LogP contribution < -0.4 is 19.5 Å². The van der Waals surface area contributed by atoms with E-state index in [1.807, 2.05) is 0 Å². The molecule has 0 aromatic heterocycles. The van der Waals surface area contributed by atoms with Crippen molar-refractivity contribution in [1.82, 2.24) is 5.32 Å². The largest absolute Gasteiger partial charge is 0.497 e. The fourth-order valence-corrected chi connectivity index (χ4v) is 3.08. The smallest absolute Gasteiger partial charge is 0.306 e. The number of carboxylic acids is 1. The van der Waals surface area contributed by atoms with E-state index in [4.69, 9.17) is 14.2 Å². The molecule has 1 amide bonds. The third kappa shape index (κ3) is 4.31. The Bertz CT molecular complexity index is 865. The molecule has 3 rings (SSSR count). The average Bonchev–Trinajstić information content (AvgIpc) is 3.08. The lowest BCUT2D eigenvalue weighted by Gasteiger charge is -2.30. The van der Waals surface area contributed by atoms with Gasteiger partial charge in [0.1, 0.15) is 5.75 Å². The third-order valence-electron chi connectivity index (χ3n) is 4.43. The molecule has 7 nitrogen and oxygen atoms in total. The normalized spacial score (nSPS) is 14.3. The molecule has 0 spiro atoms. The first-order valence-corrected chi connectivity index (χ1v) is 8.45. The first-order chi connectivity index (χ1) is 12.9. The van der Waals surface area contributed by atoms with E-state index in [0.29, 0.717) is 22.8 Å². The topological polar surface area (TPSA) is 94.1 Å². The van der Waals surface area contributed by atoms with Gasteiger partial charge in [-0.3, -0.25) is 9.59 Å². The van der Waals surface area contributed by atoms with Crippen molar-refractivity contribution in [1.29, 1.82) is 0 Å². The maximum absolute atomic E-state index is 12.6. The number of hydrogen-bond acceptors (Lipinski definition) is 5. The fraction of sp³-hybridized carbons (Fsp3) is 0.300. The Labute approximate surface area is 156 Å². The fourth-order valence-electron chi connectivity index (χ4n) is 3.08. The van der Waals surface area contributed by atoms with Crippen LogP contribution in [0.1, 0.15) is 24.5 Å². The van der Waals surface area contributed by atoms with Crippen LogP contribution in [0.3, 0.4) is 0 Å². The zero-order valence-corrected chi connectivity index (χ0v) is 15.2. The molecule has 2 N–H and O–H groups in total. The Hall–Kier alpha value is -3.22. The van der Waals surface area contributed by atoms with Crippen LogP contribution in [0, 0.1) is 0 Å². The predicted octanol–water partition coefficient (Wildman–Crippen LogP) is 2.47. The number of hydrogen-bond donors (Lipinski definition) is 2. The molecule has 2 aromatic rings. The summed E-state index contributed by atoms with van der Waals surface area (Å²) in [7, 11) is 1.53. The SMILES string of the molecule is COc1cccc(C(C)(CC(=O)O)NC(=O)Cc2ccc3c(c2)OCO3)c1. The molecule has 1 atom stereocenters. The number of benzene rings is 2. The van der Waals surface area contributed by atoms with Gasteiger partial charge in [0, 0.05) is 0 Å². The van der Waals surface area contributed by atoms with Gasteiger partial charge < -0.3 is 24.6 Å². The highest BCUT2D eigenvalue weighted by Gasteiger charge is 2.32. The molecule has 0 saturated heterocycles. The van der Waals surface area contributed by atoms with Gasteiger partial charge in [-0.15, -0.1) is 0 Å². The van der Waals surface area contributed by atoms with Crippen LogP contribution in [0.5, 0.6) is 17.2 Å². The lowest BCUT2D eigenvalue weighted by atomic mass is 9.88. The predicted molar refractivity (Wildman–Crippen MR) is 97.0 cm³/mol. The van der Waals surface area contributed by atoms with Gasteiger partial charge in [-0.05, 0) is 42.3 Å². The number of carbonyl (C=O) groups is 2. The summed E-state index contributed by atoms with van der Waals surface area (Å²) in [6.45, 7) is 1.85. The second-order valence-electron chi connectivity index (χ2n) is 6.55. The number of aliphatic carboxylic acids is 1. The van der Waals surface area contributed by atoms with Crippen LogP contribution >= 0.6 is 0 Å². The van der Waals surface area contributed by atoms with E-state index in [1.54, 1.807) is 49.4 Å². The number of amides is 1. The molecular formula is C20H21NO6. The summed E-state index contributed by atoms with van der Waals surface area (Å²) in [6.07, 6.45) is -0.164. The highest BCUT2D eigenvalue weighted by Crippen LogP contribution is 2.33. The van der Waals surface area contributed by atoms with E-state index in [-0.39, 0.29) is 25.5 Å². The zero-order valence-electron chi connectivity index (χ0n) is 15.2. The lowest BCUT2D eigenvalue weighted by Crippen LogP contribution is -2.45. The minimum atomic E-state index is -1.08. The monoisotopic (exact) mass is 371 g/mol. The van der Waals surface area contributed by atoms with Gasteiger partial charge in [-0.25, -0.2) is 0 Å². The van der Waals surface area contributed by atoms with Crippen LogP contribution in [0.2, 0.25) is 0 Å². The summed E-state index contributed by atoms with van der Waals surface area (Å²) in [5.41, 5.74) is 0.330. The van der Waals surface area contributed by atoms with Gasteiger partial charge in [-0.1, -0.05) is 18.2 Å². The highest BCUT2D eigenvalue weighted by molar-refractivity contribution is 5.81. The second kappa shape index (κ2) is 7.57. The zero-order chi connectivity index (χ0) is 19.4. The molecule has 1 aliphatic rings.